The molecule has 3 aromatic rings. The normalized spacial score (nSPS) is 15.8. The Kier molecular flexibility index (Phi) is 6.47. The van der Waals surface area contributed by atoms with E-state index in [1.165, 1.54) is 11.5 Å². The number of nitrogens with one attached hydrogen (secondary N) is 1. The van der Waals surface area contributed by atoms with Gasteiger partial charge in [-0.1, -0.05) is 18.2 Å². The Morgan fingerprint density at radius 1 is 1.31 bits per heavy atom. The van der Waals surface area contributed by atoms with E-state index in [2.05, 4.69) is 9.10 Å². The van der Waals surface area contributed by atoms with Gasteiger partial charge in [-0.2, -0.15) is 4.37 Å². The fourth-order valence-electron chi connectivity index (χ4n) is 3.87. The summed E-state index contributed by atoms with van der Waals surface area (Å²) in [5.41, 5.74) is 10.4. The first-order valence-corrected chi connectivity index (χ1v) is 12.8. The molecule has 0 amide bonds. The van der Waals surface area contributed by atoms with Gasteiger partial charge in [0.15, 0.2) is 5.82 Å². The molecule has 1 aliphatic carbocycles. The summed E-state index contributed by atoms with van der Waals surface area (Å²) in [5, 5.41) is 9.73. The van der Waals surface area contributed by atoms with Gasteiger partial charge < -0.3 is 15.6 Å². The molecule has 1 heterocycles. The average molecular weight is 475 g/mol. The zero-order valence-electron chi connectivity index (χ0n) is 17.9. The van der Waals surface area contributed by atoms with Crippen LogP contribution in [0.3, 0.4) is 0 Å². The number of fused-ring (bicyclic) bond motifs is 1. The highest BCUT2D eigenvalue weighted by molar-refractivity contribution is 7.89. The van der Waals surface area contributed by atoms with Crippen molar-refractivity contribution in [3.63, 3.8) is 0 Å². The molecule has 0 saturated heterocycles. The Labute approximate surface area is 191 Å². The van der Waals surface area contributed by atoms with E-state index >= 15 is 0 Å². The second-order valence-electron chi connectivity index (χ2n) is 7.97. The van der Waals surface area contributed by atoms with Crippen molar-refractivity contribution >= 4 is 27.2 Å². The lowest BCUT2D eigenvalue weighted by Crippen LogP contribution is -2.30. The molecule has 0 aliphatic heterocycles. The molecular formula is C22H26N4O4S2. The Balaban J connectivity index is 1.60. The van der Waals surface area contributed by atoms with E-state index in [9.17, 15) is 8.42 Å². The van der Waals surface area contributed by atoms with Crippen LogP contribution in [0.5, 0.6) is 5.75 Å². The number of sulfonamides is 1. The van der Waals surface area contributed by atoms with Crippen molar-refractivity contribution in [2.45, 2.75) is 38.8 Å². The molecule has 0 saturated carbocycles. The Morgan fingerprint density at radius 3 is 2.84 bits per heavy atom. The number of nitrogen functional groups attached to an aromatic ring is 1. The number of anilines is 1. The molecule has 0 spiro atoms. The average Bonchev–Trinajstić information content (AvgIpc) is 3.37. The first-order valence-electron chi connectivity index (χ1n) is 10.4. The van der Waals surface area contributed by atoms with Gasteiger partial charge >= 0.3 is 0 Å². The number of aliphatic hydroxyl groups is 1. The fourth-order valence-corrected chi connectivity index (χ4v) is 5.58. The third-order valence-electron chi connectivity index (χ3n) is 5.24. The van der Waals surface area contributed by atoms with Crippen molar-refractivity contribution in [2.75, 3.05) is 18.1 Å². The first-order chi connectivity index (χ1) is 15.3. The van der Waals surface area contributed by atoms with Gasteiger partial charge in [0.1, 0.15) is 10.8 Å². The summed E-state index contributed by atoms with van der Waals surface area (Å²) < 4.78 is 37.2. The van der Waals surface area contributed by atoms with Gasteiger partial charge in [0.25, 0.3) is 0 Å². The second-order valence-corrected chi connectivity index (χ2v) is 10.6. The molecule has 0 unspecified atom stereocenters. The Morgan fingerprint density at radius 2 is 2.12 bits per heavy atom. The van der Waals surface area contributed by atoms with Gasteiger partial charge in [-0.3, -0.25) is 0 Å². The van der Waals surface area contributed by atoms with Crippen molar-refractivity contribution in [1.82, 2.24) is 14.1 Å². The molecule has 10 heteroatoms. The SMILES string of the molecule is CC(C)Oc1ccc(-c2nc(-c3cccc4c3CC[C@@H]4NS(=O)(=O)CCO)ns2)cc1N. The molecule has 170 valence electrons. The van der Waals surface area contributed by atoms with E-state index in [0.717, 1.165) is 33.7 Å². The summed E-state index contributed by atoms with van der Waals surface area (Å²) in [6.45, 7) is 3.49. The molecule has 4 N–H and O–H groups in total. The van der Waals surface area contributed by atoms with Gasteiger partial charge in [-0.15, -0.1) is 0 Å². The van der Waals surface area contributed by atoms with Crippen LogP contribution in [0.2, 0.25) is 0 Å². The molecule has 8 nitrogen and oxygen atoms in total. The maximum atomic E-state index is 12.1. The van der Waals surface area contributed by atoms with Gasteiger partial charge in [0, 0.05) is 17.2 Å². The standard InChI is InChI=1S/C22H26N4O4S2/c1-13(2)30-20-9-6-14(12-18(20)23)22-24-21(25-31-22)17-5-3-4-16-15(17)7-8-19(16)26-32(28,29)11-10-27/h3-6,9,12-13,19,26-27H,7-8,10-11,23H2,1-2H3/t19-/m0/s1. The van der Waals surface area contributed by atoms with Crippen LogP contribution in [0.25, 0.3) is 22.0 Å². The minimum Gasteiger partial charge on any atom is -0.489 e. The van der Waals surface area contributed by atoms with Crippen LogP contribution in [-0.2, 0) is 16.4 Å². The number of rotatable bonds is 8. The first kappa shape index (κ1) is 22.7. The lowest BCUT2D eigenvalue weighted by Gasteiger charge is -2.14. The fraction of sp³-hybridized carbons (Fsp3) is 0.364. The number of benzene rings is 2. The largest absolute Gasteiger partial charge is 0.489 e. The summed E-state index contributed by atoms with van der Waals surface area (Å²) >= 11 is 1.29. The quantitative estimate of drug-likeness (QED) is 0.428. The van der Waals surface area contributed by atoms with Crippen LogP contribution in [0, 0.1) is 0 Å². The summed E-state index contributed by atoms with van der Waals surface area (Å²) in [6.07, 6.45) is 1.41. The molecule has 1 atom stereocenters. The van der Waals surface area contributed by atoms with Crippen LogP contribution < -0.4 is 15.2 Å². The summed E-state index contributed by atoms with van der Waals surface area (Å²) in [7, 11) is -3.53. The number of hydrogen-bond donors (Lipinski definition) is 3. The van der Waals surface area contributed by atoms with E-state index in [1.807, 2.05) is 50.2 Å². The highest BCUT2D eigenvalue weighted by Gasteiger charge is 2.29. The smallest absolute Gasteiger partial charge is 0.214 e. The van der Waals surface area contributed by atoms with Gasteiger partial charge in [-0.25, -0.2) is 18.1 Å². The summed E-state index contributed by atoms with van der Waals surface area (Å²) in [5.74, 6) is 0.950. The monoisotopic (exact) mass is 474 g/mol. The zero-order chi connectivity index (χ0) is 22.9. The number of hydrogen-bond acceptors (Lipinski definition) is 8. The van der Waals surface area contributed by atoms with Crippen molar-refractivity contribution in [3.05, 3.63) is 47.5 Å². The van der Waals surface area contributed by atoms with Gasteiger partial charge in [0.05, 0.1) is 24.2 Å². The molecule has 1 aromatic heterocycles. The molecule has 32 heavy (non-hydrogen) atoms. The lowest BCUT2D eigenvalue weighted by atomic mass is 10.0. The van der Waals surface area contributed by atoms with Crippen LogP contribution in [0.15, 0.2) is 36.4 Å². The van der Waals surface area contributed by atoms with E-state index in [4.69, 9.17) is 20.6 Å². The Hall–Kier alpha value is -2.53. The predicted molar refractivity (Wildman–Crippen MR) is 126 cm³/mol. The molecule has 4 rings (SSSR count). The van der Waals surface area contributed by atoms with E-state index in [0.29, 0.717) is 23.7 Å². The molecule has 1 aliphatic rings. The minimum absolute atomic E-state index is 0.0356. The third-order valence-corrected chi connectivity index (χ3v) is 7.37. The Bertz CT molecular complexity index is 1220. The topological polar surface area (TPSA) is 127 Å². The number of aromatic nitrogens is 2. The molecule has 0 radical (unpaired) electrons. The van der Waals surface area contributed by atoms with Crippen LogP contribution in [0.1, 0.15) is 37.4 Å². The van der Waals surface area contributed by atoms with Crippen molar-refractivity contribution in [2.24, 2.45) is 0 Å². The summed E-state index contributed by atoms with van der Waals surface area (Å²) in [4.78, 5) is 4.73. The lowest BCUT2D eigenvalue weighted by molar-refractivity contribution is 0.244. The van der Waals surface area contributed by atoms with E-state index in [1.54, 1.807) is 0 Å². The number of aliphatic hydroxyl groups excluding tert-OH is 1. The maximum absolute atomic E-state index is 12.1. The second kappa shape index (κ2) is 9.14. The van der Waals surface area contributed by atoms with Crippen LogP contribution >= 0.6 is 11.5 Å². The third kappa shape index (κ3) is 4.78. The summed E-state index contributed by atoms with van der Waals surface area (Å²) in [6, 6.07) is 11.1. The van der Waals surface area contributed by atoms with Crippen LogP contribution in [0.4, 0.5) is 5.69 Å². The highest BCUT2D eigenvalue weighted by Crippen LogP contribution is 2.38. The molecule has 0 fully saturated rings. The minimum atomic E-state index is -3.53. The van der Waals surface area contributed by atoms with Gasteiger partial charge in [-0.05, 0) is 67.5 Å². The number of ether oxygens (including phenoxy) is 1. The molecule has 2 aromatic carbocycles. The maximum Gasteiger partial charge on any atom is 0.214 e. The molecular weight excluding hydrogens is 448 g/mol. The predicted octanol–water partition coefficient (Wildman–Crippen LogP) is 3.14. The molecule has 0 bridgehead atoms. The number of nitrogens with zero attached hydrogens (tertiary/aromatic N) is 2. The van der Waals surface area contributed by atoms with Crippen LogP contribution in [-0.4, -0.2) is 41.3 Å². The van der Waals surface area contributed by atoms with E-state index in [-0.39, 0.29) is 17.9 Å². The van der Waals surface area contributed by atoms with Crippen molar-refractivity contribution in [1.29, 1.82) is 0 Å². The van der Waals surface area contributed by atoms with Crippen molar-refractivity contribution in [3.8, 4) is 27.7 Å². The highest BCUT2D eigenvalue weighted by atomic mass is 32.2. The number of nitrogens with two attached hydrogens (primary N) is 1. The van der Waals surface area contributed by atoms with Crippen molar-refractivity contribution < 1.29 is 18.3 Å². The van der Waals surface area contributed by atoms with Gasteiger partial charge in [0.2, 0.25) is 10.0 Å². The van der Waals surface area contributed by atoms with E-state index < -0.39 is 16.6 Å². The zero-order valence-corrected chi connectivity index (χ0v) is 19.5.